The molecule has 3 amide bonds. The second kappa shape index (κ2) is 9.87. The third kappa shape index (κ3) is 5.33. The molecular weight excluding hydrogens is 465 g/mol. The minimum Gasteiger partial charge on any atom is -0.486 e. The van der Waals surface area contributed by atoms with Crippen LogP contribution in [0.1, 0.15) is 28.9 Å². The number of nitrogens with two attached hydrogens (primary N) is 1. The second-order valence-corrected chi connectivity index (χ2v) is 8.27. The van der Waals surface area contributed by atoms with Crippen molar-refractivity contribution in [1.82, 2.24) is 15.3 Å². The van der Waals surface area contributed by atoms with Gasteiger partial charge < -0.3 is 25.8 Å². The van der Waals surface area contributed by atoms with Crippen LogP contribution in [0.4, 0.5) is 14.9 Å². The average molecular weight is 487 g/mol. The number of carbonyl (C=O) groups is 2. The number of carbonyl (C=O) groups excluding carboxylic acids is 2. The summed E-state index contributed by atoms with van der Waals surface area (Å²) in [6.07, 6.45) is 5.03. The molecular formula is C26H22FN5O4. The van der Waals surface area contributed by atoms with Gasteiger partial charge in [0.2, 0.25) is 0 Å². The topological polar surface area (TPSA) is 128 Å². The molecule has 36 heavy (non-hydrogen) atoms. The molecule has 0 bridgehead atoms. The number of ether oxygens (including phenoxy) is 2. The quantitative estimate of drug-likeness (QED) is 0.335. The van der Waals surface area contributed by atoms with E-state index in [2.05, 4.69) is 20.6 Å². The van der Waals surface area contributed by atoms with Crippen LogP contribution in [0.3, 0.4) is 0 Å². The fourth-order valence-electron chi connectivity index (χ4n) is 3.54. The van der Waals surface area contributed by atoms with E-state index in [4.69, 9.17) is 15.2 Å². The summed E-state index contributed by atoms with van der Waals surface area (Å²) < 4.78 is 26.3. The molecule has 0 unspecified atom stereocenters. The molecule has 1 fully saturated rings. The Morgan fingerprint density at radius 2 is 1.89 bits per heavy atom. The van der Waals surface area contributed by atoms with Crippen LogP contribution in [0.15, 0.2) is 67.0 Å². The fourth-order valence-corrected chi connectivity index (χ4v) is 3.54. The van der Waals surface area contributed by atoms with E-state index >= 15 is 0 Å². The second-order valence-electron chi connectivity index (χ2n) is 8.27. The Morgan fingerprint density at radius 3 is 2.61 bits per heavy atom. The SMILES string of the molecule is NC(=O)c1cc2c(Oc3ccc(NC(=O)NC4CC4)c(F)c3)ccnc2cc1OCc1ccccn1. The maximum absolute atomic E-state index is 14.6. The van der Waals surface area contributed by atoms with Crippen molar-refractivity contribution in [3.8, 4) is 17.2 Å². The maximum atomic E-state index is 14.6. The zero-order chi connectivity index (χ0) is 25.1. The van der Waals surface area contributed by atoms with Gasteiger partial charge in [-0.05, 0) is 49.2 Å². The van der Waals surface area contributed by atoms with Gasteiger partial charge in [0.15, 0.2) is 0 Å². The number of anilines is 1. The summed E-state index contributed by atoms with van der Waals surface area (Å²) >= 11 is 0. The van der Waals surface area contributed by atoms with Gasteiger partial charge in [-0.15, -0.1) is 0 Å². The zero-order valence-corrected chi connectivity index (χ0v) is 19.0. The minimum absolute atomic E-state index is 0.0331. The first-order valence-electron chi connectivity index (χ1n) is 11.3. The lowest BCUT2D eigenvalue weighted by Gasteiger charge is -2.14. The molecule has 182 valence electrons. The molecule has 2 aromatic heterocycles. The van der Waals surface area contributed by atoms with E-state index in [0.717, 1.165) is 12.8 Å². The molecule has 1 saturated carbocycles. The highest BCUT2D eigenvalue weighted by atomic mass is 19.1. The van der Waals surface area contributed by atoms with Gasteiger partial charge in [-0.1, -0.05) is 6.07 Å². The van der Waals surface area contributed by atoms with Crippen LogP contribution in [0.25, 0.3) is 10.9 Å². The predicted molar refractivity (Wildman–Crippen MR) is 130 cm³/mol. The average Bonchev–Trinajstić information content (AvgIpc) is 3.68. The number of pyridine rings is 2. The number of nitrogens with one attached hydrogen (secondary N) is 2. The fraction of sp³-hybridized carbons (Fsp3) is 0.154. The number of hydrogen-bond acceptors (Lipinski definition) is 6. The molecule has 0 radical (unpaired) electrons. The summed E-state index contributed by atoms with van der Waals surface area (Å²) in [6.45, 7) is 0.140. The van der Waals surface area contributed by atoms with Crippen molar-refractivity contribution in [1.29, 1.82) is 0 Å². The number of halogens is 1. The van der Waals surface area contributed by atoms with Crippen LogP contribution in [0.5, 0.6) is 17.2 Å². The van der Waals surface area contributed by atoms with E-state index in [1.165, 1.54) is 30.5 Å². The van der Waals surface area contributed by atoms with Gasteiger partial charge in [-0.3, -0.25) is 14.8 Å². The Hall–Kier alpha value is -4.73. The van der Waals surface area contributed by atoms with E-state index in [1.54, 1.807) is 30.5 Å². The molecule has 2 heterocycles. The normalized spacial score (nSPS) is 12.7. The van der Waals surface area contributed by atoms with Crippen molar-refractivity contribution in [2.75, 3.05) is 5.32 Å². The molecule has 4 N–H and O–H groups in total. The van der Waals surface area contributed by atoms with Crippen molar-refractivity contribution in [2.24, 2.45) is 5.73 Å². The molecule has 4 aromatic rings. The van der Waals surface area contributed by atoms with Gasteiger partial charge in [-0.25, -0.2) is 9.18 Å². The highest BCUT2D eigenvalue weighted by Gasteiger charge is 2.23. The van der Waals surface area contributed by atoms with Gasteiger partial charge in [0.1, 0.15) is 29.7 Å². The standard InChI is InChI=1S/C26H22FN5O4/c27-20-11-17(6-7-21(20)32-26(34)31-15-4-5-15)36-23-8-10-30-22-13-24(19(25(28)33)12-18(22)23)35-14-16-3-1-2-9-29-16/h1-3,6-13,15H,4-5,14H2,(H2,28,33)(H2,31,32,34). The first-order chi connectivity index (χ1) is 17.5. The van der Waals surface area contributed by atoms with Crippen molar-refractivity contribution < 1.29 is 23.5 Å². The summed E-state index contributed by atoms with van der Waals surface area (Å²) in [5.41, 5.74) is 6.95. The van der Waals surface area contributed by atoms with Gasteiger partial charge >= 0.3 is 6.03 Å². The highest BCUT2D eigenvalue weighted by molar-refractivity contribution is 6.01. The number of amides is 3. The lowest BCUT2D eigenvalue weighted by Crippen LogP contribution is -2.30. The number of fused-ring (bicyclic) bond motifs is 1. The predicted octanol–water partition coefficient (Wildman–Crippen LogP) is 4.52. The van der Waals surface area contributed by atoms with Crippen molar-refractivity contribution in [3.63, 3.8) is 0 Å². The summed E-state index contributed by atoms with van der Waals surface area (Å²) in [4.78, 5) is 32.6. The molecule has 0 saturated heterocycles. The maximum Gasteiger partial charge on any atom is 0.319 e. The number of aromatic nitrogens is 2. The molecule has 1 aliphatic rings. The lowest BCUT2D eigenvalue weighted by atomic mass is 10.1. The van der Waals surface area contributed by atoms with Crippen LogP contribution in [-0.4, -0.2) is 27.9 Å². The highest BCUT2D eigenvalue weighted by Crippen LogP contribution is 2.34. The van der Waals surface area contributed by atoms with E-state index in [0.29, 0.717) is 22.3 Å². The van der Waals surface area contributed by atoms with E-state index in [9.17, 15) is 14.0 Å². The van der Waals surface area contributed by atoms with Crippen LogP contribution in [-0.2, 0) is 6.61 Å². The van der Waals surface area contributed by atoms with Gasteiger partial charge in [0, 0.05) is 36.0 Å². The Balaban J connectivity index is 1.38. The Morgan fingerprint density at radius 1 is 1.03 bits per heavy atom. The summed E-state index contributed by atoms with van der Waals surface area (Å²) in [7, 11) is 0. The molecule has 1 aliphatic carbocycles. The first-order valence-corrected chi connectivity index (χ1v) is 11.3. The van der Waals surface area contributed by atoms with Crippen molar-refractivity contribution in [3.05, 3.63) is 84.1 Å². The zero-order valence-electron chi connectivity index (χ0n) is 19.0. The smallest absolute Gasteiger partial charge is 0.319 e. The van der Waals surface area contributed by atoms with Gasteiger partial charge in [0.25, 0.3) is 5.91 Å². The first kappa shape index (κ1) is 23.0. The number of nitrogens with zero attached hydrogens (tertiary/aromatic N) is 2. The van der Waals surface area contributed by atoms with Crippen LogP contribution < -0.4 is 25.8 Å². The third-order valence-electron chi connectivity index (χ3n) is 5.50. The molecule has 10 heteroatoms. The Bertz CT molecular complexity index is 1440. The molecule has 0 atom stereocenters. The van der Waals surface area contributed by atoms with Gasteiger partial charge in [-0.2, -0.15) is 0 Å². The molecule has 5 rings (SSSR count). The third-order valence-corrected chi connectivity index (χ3v) is 5.50. The number of primary amides is 1. The molecule has 0 aliphatic heterocycles. The molecule has 9 nitrogen and oxygen atoms in total. The van der Waals surface area contributed by atoms with E-state index < -0.39 is 17.8 Å². The molecule has 0 spiro atoms. The molecule has 2 aromatic carbocycles. The lowest BCUT2D eigenvalue weighted by molar-refractivity contribution is 0.0996. The van der Waals surface area contributed by atoms with E-state index in [1.807, 2.05) is 6.07 Å². The summed E-state index contributed by atoms with van der Waals surface area (Å²) in [6, 6.07) is 14.0. The summed E-state index contributed by atoms with van der Waals surface area (Å²) in [5, 5.41) is 5.72. The summed E-state index contributed by atoms with van der Waals surface area (Å²) in [5.74, 6) is -0.542. The van der Waals surface area contributed by atoms with Crippen LogP contribution >= 0.6 is 0 Å². The monoisotopic (exact) mass is 487 g/mol. The number of hydrogen-bond donors (Lipinski definition) is 3. The number of urea groups is 1. The van der Waals surface area contributed by atoms with Gasteiger partial charge in [0.05, 0.1) is 22.5 Å². The van der Waals surface area contributed by atoms with Crippen LogP contribution in [0, 0.1) is 5.82 Å². The van der Waals surface area contributed by atoms with E-state index in [-0.39, 0.29) is 35.4 Å². The van der Waals surface area contributed by atoms with Crippen molar-refractivity contribution >= 4 is 28.5 Å². The largest absolute Gasteiger partial charge is 0.486 e. The van der Waals surface area contributed by atoms with Crippen LogP contribution in [0.2, 0.25) is 0 Å². The minimum atomic E-state index is -0.686. The number of benzene rings is 2. The number of rotatable bonds is 8. The Labute approximate surface area is 205 Å². The Kier molecular flexibility index (Phi) is 6.31. The van der Waals surface area contributed by atoms with Crippen molar-refractivity contribution in [2.45, 2.75) is 25.5 Å².